The first-order valence-corrected chi connectivity index (χ1v) is 8.78. The van der Waals surface area contributed by atoms with Gasteiger partial charge in [0, 0.05) is 23.4 Å². The second kappa shape index (κ2) is 6.41. The second-order valence-corrected chi connectivity index (χ2v) is 8.15. The molecule has 0 aliphatic carbocycles. The monoisotopic (exact) mass is 337 g/mol. The summed E-state index contributed by atoms with van der Waals surface area (Å²) in [4.78, 5) is 11.0. The van der Waals surface area contributed by atoms with Crippen LogP contribution in [-0.4, -0.2) is 26.1 Å². The van der Waals surface area contributed by atoms with E-state index in [0.29, 0.717) is 0 Å². The van der Waals surface area contributed by atoms with E-state index in [4.69, 9.17) is 4.74 Å². The summed E-state index contributed by atoms with van der Waals surface area (Å²) >= 11 is 1.11. The first-order valence-electron chi connectivity index (χ1n) is 6.35. The van der Waals surface area contributed by atoms with Crippen LogP contribution in [0.25, 0.3) is 0 Å². The van der Waals surface area contributed by atoms with Gasteiger partial charge in [-0.3, -0.25) is 4.79 Å². The minimum atomic E-state index is -3.82. The molecule has 1 rings (SSSR count). The molecule has 1 aromatic heterocycles. The average Bonchev–Trinajstić information content (AvgIpc) is 2.70. The lowest BCUT2D eigenvalue weighted by atomic mass is 10.1. The highest BCUT2D eigenvalue weighted by atomic mass is 32.2. The molecule has 0 fully saturated rings. The third-order valence-electron chi connectivity index (χ3n) is 2.40. The zero-order chi connectivity index (χ0) is 16.4. The molecular weight excluding hydrogens is 317 g/mol. The Morgan fingerprint density at radius 1 is 1.38 bits per heavy atom. The molecule has 0 radical (unpaired) electrons. The van der Waals surface area contributed by atoms with Crippen LogP contribution in [-0.2, 0) is 19.6 Å². The van der Waals surface area contributed by atoms with Gasteiger partial charge in [-0.2, -0.15) is 11.3 Å². The normalized spacial score (nSPS) is 15.5. The van der Waals surface area contributed by atoms with Crippen molar-refractivity contribution in [3.8, 4) is 0 Å². The van der Waals surface area contributed by atoms with Gasteiger partial charge in [-0.15, -0.1) is 0 Å². The highest BCUT2D eigenvalue weighted by Gasteiger charge is 2.32. The Morgan fingerprint density at radius 2 is 1.95 bits per heavy atom. The van der Waals surface area contributed by atoms with Gasteiger partial charge in [0.15, 0.2) is 6.10 Å². The predicted molar refractivity (Wildman–Crippen MR) is 79.5 cm³/mol. The first-order chi connectivity index (χ1) is 9.44. The van der Waals surface area contributed by atoms with E-state index < -0.39 is 33.8 Å². The van der Waals surface area contributed by atoms with Crippen molar-refractivity contribution < 1.29 is 22.3 Å². The molecule has 0 saturated heterocycles. The number of alkyl halides is 1. The number of hydrogen-bond acceptors (Lipinski definition) is 5. The van der Waals surface area contributed by atoms with Crippen molar-refractivity contribution in [1.29, 1.82) is 0 Å². The van der Waals surface area contributed by atoms with Crippen molar-refractivity contribution in [3.05, 3.63) is 16.3 Å². The number of rotatable bonds is 5. The third-order valence-corrected chi connectivity index (χ3v) is 5.13. The maximum absolute atomic E-state index is 13.7. The lowest BCUT2D eigenvalue weighted by Crippen LogP contribution is -2.40. The Bertz CT molecular complexity index is 602. The molecule has 0 aromatic carbocycles. The van der Waals surface area contributed by atoms with Crippen molar-refractivity contribution in [2.24, 2.45) is 0 Å². The van der Waals surface area contributed by atoms with E-state index in [0.717, 1.165) is 18.3 Å². The van der Waals surface area contributed by atoms with Gasteiger partial charge >= 0.3 is 5.97 Å². The lowest BCUT2D eigenvalue weighted by molar-refractivity contribution is -0.150. The molecular formula is C13H20FNO4S2. The maximum atomic E-state index is 13.7. The number of ether oxygens (including phenoxy) is 1. The van der Waals surface area contributed by atoms with Gasteiger partial charge in [-0.1, -0.05) is 0 Å². The molecule has 1 aromatic rings. The van der Waals surface area contributed by atoms with Gasteiger partial charge in [0.25, 0.3) is 0 Å². The Balaban J connectivity index is 3.24. The Labute approximate surface area is 128 Å². The number of carbonyl (C=O) groups excluding carboxylic acids is 1. The molecule has 0 aliphatic rings. The van der Waals surface area contributed by atoms with Crippen LogP contribution in [0.1, 0.15) is 46.3 Å². The molecule has 0 bridgehead atoms. The zero-order valence-corrected chi connectivity index (χ0v) is 14.3. The molecule has 0 aliphatic heterocycles. The summed E-state index contributed by atoms with van der Waals surface area (Å²) in [5, 5.41) is 2.89. The summed E-state index contributed by atoms with van der Waals surface area (Å²) in [6, 6.07) is 0. The van der Waals surface area contributed by atoms with E-state index in [1.165, 1.54) is 17.7 Å². The van der Waals surface area contributed by atoms with Gasteiger partial charge in [-0.05, 0) is 33.1 Å². The van der Waals surface area contributed by atoms with Crippen LogP contribution >= 0.6 is 11.3 Å². The maximum Gasteiger partial charge on any atom is 0.303 e. The van der Waals surface area contributed by atoms with E-state index in [2.05, 4.69) is 4.72 Å². The van der Waals surface area contributed by atoms with Crippen molar-refractivity contribution in [3.63, 3.8) is 0 Å². The van der Waals surface area contributed by atoms with Gasteiger partial charge in [0.2, 0.25) is 10.0 Å². The largest absolute Gasteiger partial charge is 0.454 e. The summed E-state index contributed by atoms with van der Waals surface area (Å²) in [6.07, 6.45) is -2.76. The van der Waals surface area contributed by atoms with Crippen LogP contribution in [0.3, 0.4) is 0 Å². The number of thiophene rings is 1. The lowest BCUT2D eigenvalue weighted by Gasteiger charge is -2.23. The molecule has 2 atom stereocenters. The number of esters is 1. The highest BCUT2D eigenvalue weighted by molar-refractivity contribution is 7.89. The van der Waals surface area contributed by atoms with Gasteiger partial charge < -0.3 is 4.74 Å². The quantitative estimate of drug-likeness (QED) is 0.839. The first kappa shape index (κ1) is 18.1. The molecule has 1 N–H and O–H groups in total. The summed E-state index contributed by atoms with van der Waals surface area (Å²) < 4.78 is 45.9. The van der Waals surface area contributed by atoms with E-state index in [1.54, 1.807) is 20.8 Å². The second-order valence-electron chi connectivity index (χ2n) is 5.75. The molecule has 8 heteroatoms. The van der Waals surface area contributed by atoms with Gasteiger partial charge in [0.1, 0.15) is 6.17 Å². The van der Waals surface area contributed by atoms with Crippen molar-refractivity contribution in [1.82, 2.24) is 4.72 Å². The summed E-state index contributed by atoms with van der Waals surface area (Å²) in [7, 11) is -3.82. The van der Waals surface area contributed by atoms with Crippen LogP contribution < -0.4 is 4.72 Å². The van der Waals surface area contributed by atoms with Crippen molar-refractivity contribution >= 4 is 27.3 Å². The summed E-state index contributed by atoms with van der Waals surface area (Å²) in [6.45, 7) is 7.50. The van der Waals surface area contributed by atoms with Crippen LogP contribution in [0.2, 0.25) is 0 Å². The van der Waals surface area contributed by atoms with Crippen LogP contribution in [0.4, 0.5) is 4.39 Å². The molecule has 0 spiro atoms. The molecule has 120 valence electrons. The number of hydrogen-bond donors (Lipinski definition) is 1. The predicted octanol–water partition coefficient (Wildman–Crippen LogP) is 2.79. The minimum Gasteiger partial charge on any atom is -0.454 e. The molecule has 21 heavy (non-hydrogen) atoms. The Hall–Kier alpha value is -0.990. The van der Waals surface area contributed by atoms with E-state index >= 15 is 0 Å². The van der Waals surface area contributed by atoms with Crippen LogP contribution in [0.5, 0.6) is 0 Å². The number of carbonyl (C=O) groups is 1. The number of sulfonamides is 1. The zero-order valence-electron chi connectivity index (χ0n) is 12.6. The van der Waals surface area contributed by atoms with Gasteiger partial charge in [-0.25, -0.2) is 17.5 Å². The minimum absolute atomic E-state index is 0.0572. The molecule has 2 unspecified atom stereocenters. The SMILES string of the molecule is CC(=O)OC(c1cscc1S(=O)(=O)NC(C)(C)C)C(C)F. The molecule has 0 saturated carbocycles. The number of nitrogens with one attached hydrogen (secondary N) is 1. The van der Waals surface area contributed by atoms with Crippen LogP contribution in [0.15, 0.2) is 15.7 Å². The Morgan fingerprint density at radius 3 is 2.38 bits per heavy atom. The fraction of sp³-hybridized carbons (Fsp3) is 0.615. The van der Waals surface area contributed by atoms with E-state index in [-0.39, 0.29) is 10.5 Å². The summed E-state index contributed by atoms with van der Waals surface area (Å²) in [5.74, 6) is -0.664. The van der Waals surface area contributed by atoms with Gasteiger partial charge in [0.05, 0.1) is 4.90 Å². The van der Waals surface area contributed by atoms with Crippen molar-refractivity contribution in [2.75, 3.05) is 0 Å². The smallest absolute Gasteiger partial charge is 0.303 e. The highest BCUT2D eigenvalue weighted by Crippen LogP contribution is 2.32. The van der Waals surface area contributed by atoms with Crippen LogP contribution in [0, 0.1) is 0 Å². The summed E-state index contributed by atoms with van der Waals surface area (Å²) in [5.41, 5.74) is -0.516. The fourth-order valence-corrected chi connectivity index (χ4v) is 4.65. The van der Waals surface area contributed by atoms with E-state index in [9.17, 15) is 17.6 Å². The topological polar surface area (TPSA) is 72.5 Å². The standard InChI is InChI=1S/C13H20FNO4S2/c1-8(14)12(19-9(2)16)10-6-20-7-11(10)21(17,18)15-13(3,4)5/h6-8,12,15H,1-5H3. The third kappa shape index (κ3) is 5.05. The Kier molecular flexibility index (Phi) is 5.51. The molecule has 5 nitrogen and oxygen atoms in total. The molecule has 1 heterocycles. The van der Waals surface area contributed by atoms with E-state index in [1.807, 2.05) is 0 Å². The number of halogens is 1. The van der Waals surface area contributed by atoms with Crippen molar-refractivity contribution in [2.45, 2.75) is 57.3 Å². The fourth-order valence-electron chi connectivity index (χ4n) is 1.76. The average molecular weight is 337 g/mol. The molecule has 0 amide bonds.